The highest BCUT2D eigenvalue weighted by Crippen LogP contribution is 2.23. The van der Waals surface area contributed by atoms with Crippen molar-refractivity contribution in [3.63, 3.8) is 0 Å². The summed E-state index contributed by atoms with van der Waals surface area (Å²) < 4.78 is 0. The molecule has 0 amide bonds. The molecule has 0 saturated heterocycles. The van der Waals surface area contributed by atoms with Gasteiger partial charge in [0.15, 0.2) is 0 Å². The molecule has 0 spiro atoms. The summed E-state index contributed by atoms with van der Waals surface area (Å²) in [6, 6.07) is 1.20. The van der Waals surface area contributed by atoms with Crippen LogP contribution in [0, 0.1) is 0 Å². The molecule has 1 rings (SSSR count). The number of nitrogens with zero attached hydrogens (tertiary/aromatic N) is 1. The molecule has 6 nitrogen and oxygen atoms in total. The Labute approximate surface area is 99.9 Å². The van der Waals surface area contributed by atoms with Crippen molar-refractivity contribution in [2.24, 2.45) is 0 Å². The molecule has 0 aromatic carbocycles. The summed E-state index contributed by atoms with van der Waals surface area (Å²) in [4.78, 5) is 14.3. The molecule has 0 radical (unpaired) electrons. The summed E-state index contributed by atoms with van der Waals surface area (Å²) in [5, 5.41) is 28.0. The van der Waals surface area contributed by atoms with Crippen molar-refractivity contribution in [1.82, 2.24) is 4.98 Å². The monoisotopic (exact) mass is 290 g/mol. The first-order valence-corrected chi connectivity index (χ1v) is 5.50. The van der Waals surface area contributed by atoms with Gasteiger partial charge in [-0.3, -0.25) is 0 Å². The maximum atomic E-state index is 10.7. The van der Waals surface area contributed by atoms with Gasteiger partial charge < -0.3 is 21.1 Å². The minimum absolute atomic E-state index is 0.00231. The number of carboxylic acid groups (broad SMARTS) is 1. The molecule has 16 heavy (non-hydrogen) atoms. The highest BCUT2D eigenvalue weighted by atomic mass is 79.9. The highest BCUT2D eigenvalue weighted by Gasteiger charge is 2.21. The number of alkyl halides is 1. The Morgan fingerprint density at radius 3 is 2.69 bits per heavy atom. The normalized spacial score (nSPS) is 14.4. The molecule has 0 aliphatic carbocycles. The van der Waals surface area contributed by atoms with Crippen LogP contribution in [0.1, 0.15) is 22.0 Å². The quantitative estimate of drug-likeness (QED) is 0.587. The summed E-state index contributed by atoms with van der Waals surface area (Å²) in [5.74, 6) is -1.17. The van der Waals surface area contributed by atoms with Crippen LogP contribution in [0.2, 0.25) is 0 Å². The van der Waals surface area contributed by atoms with Crippen molar-refractivity contribution < 1.29 is 20.1 Å². The second-order valence-electron chi connectivity index (χ2n) is 3.17. The number of rotatable bonds is 4. The summed E-state index contributed by atoms with van der Waals surface area (Å²) in [7, 11) is 0. The van der Waals surface area contributed by atoms with Gasteiger partial charge in [0.1, 0.15) is 11.9 Å². The van der Waals surface area contributed by atoms with E-state index in [0.717, 1.165) is 6.20 Å². The standard InChI is InChI=1S/C9H11BrN2O4/c10-2-6(13)7(14)5-1-4(9(15)16)3-12-8(5)11/h1,3,6-7,13-14H,2H2,(H2,11,12)(H,15,16). The maximum absolute atomic E-state index is 10.7. The van der Waals surface area contributed by atoms with Crippen molar-refractivity contribution in [1.29, 1.82) is 0 Å². The highest BCUT2D eigenvalue weighted by molar-refractivity contribution is 9.09. The lowest BCUT2D eigenvalue weighted by atomic mass is 10.0. The zero-order valence-electron chi connectivity index (χ0n) is 8.17. The summed E-state index contributed by atoms with van der Waals surface area (Å²) in [6.45, 7) is 0. The number of carboxylic acids is 1. The van der Waals surface area contributed by atoms with Crippen LogP contribution in [0.25, 0.3) is 0 Å². The number of aromatic carboxylic acids is 1. The lowest BCUT2D eigenvalue weighted by Gasteiger charge is -2.17. The number of carbonyl (C=O) groups is 1. The zero-order valence-corrected chi connectivity index (χ0v) is 9.75. The average molecular weight is 291 g/mol. The third kappa shape index (κ3) is 2.69. The number of halogens is 1. The number of hydrogen-bond donors (Lipinski definition) is 4. The molecule has 88 valence electrons. The maximum Gasteiger partial charge on any atom is 0.337 e. The smallest absolute Gasteiger partial charge is 0.337 e. The van der Waals surface area contributed by atoms with Gasteiger partial charge in [-0.1, -0.05) is 15.9 Å². The molecule has 2 unspecified atom stereocenters. The lowest BCUT2D eigenvalue weighted by Crippen LogP contribution is -2.21. The van der Waals surface area contributed by atoms with Gasteiger partial charge in [-0.25, -0.2) is 9.78 Å². The first-order chi connectivity index (χ1) is 7.47. The SMILES string of the molecule is Nc1ncc(C(=O)O)cc1C(O)C(O)CBr. The minimum Gasteiger partial charge on any atom is -0.478 e. The van der Waals surface area contributed by atoms with Gasteiger partial charge in [-0.15, -0.1) is 0 Å². The Bertz CT molecular complexity index is 399. The molecule has 1 aromatic heterocycles. The van der Waals surface area contributed by atoms with Crippen molar-refractivity contribution in [2.45, 2.75) is 12.2 Å². The minimum atomic E-state index is -1.27. The molecule has 0 aliphatic rings. The van der Waals surface area contributed by atoms with E-state index in [1.165, 1.54) is 6.07 Å². The first-order valence-electron chi connectivity index (χ1n) is 4.38. The van der Waals surface area contributed by atoms with Gasteiger partial charge in [0.2, 0.25) is 0 Å². The lowest BCUT2D eigenvalue weighted by molar-refractivity contribution is 0.0344. The van der Waals surface area contributed by atoms with E-state index in [-0.39, 0.29) is 22.3 Å². The number of pyridine rings is 1. The molecular formula is C9H11BrN2O4. The van der Waals surface area contributed by atoms with Crippen LogP contribution in [-0.2, 0) is 0 Å². The van der Waals surface area contributed by atoms with Crippen LogP contribution in [0.15, 0.2) is 12.3 Å². The molecular weight excluding hydrogens is 280 g/mol. The topological polar surface area (TPSA) is 117 Å². The number of aromatic nitrogens is 1. The second kappa shape index (κ2) is 5.24. The van der Waals surface area contributed by atoms with E-state index in [4.69, 9.17) is 10.8 Å². The van der Waals surface area contributed by atoms with Gasteiger partial charge >= 0.3 is 5.97 Å². The molecule has 7 heteroatoms. The zero-order chi connectivity index (χ0) is 12.3. The van der Waals surface area contributed by atoms with Gasteiger partial charge in [-0.2, -0.15) is 0 Å². The molecule has 0 saturated carbocycles. The van der Waals surface area contributed by atoms with E-state index in [2.05, 4.69) is 20.9 Å². The van der Waals surface area contributed by atoms with E-state index in [1.54, 1.807) is 0 Å². The fourth-order valence-electron chi connectivity index (χ4n) is 1.14. The van der Waals surface area contributed by atoms with E-state index in [1.807, 2.05) is 0 Å². The van der Waals surface area contributed by atoms with Crippen molar-refractivity contribution >= 4 is 27.7 Å². The molecule has 2 atom stereocenters. The second-order valence-corrected chi connectivity index (χ2v) is 3.82. The van der Waals surface area contributed by atoms with E-state index >= 15 is 0 Å². The van der Waals surface area contributed by atoms with Crippen molar-refractivity contribution in [3.8, 4) is 0 Å². The Morgan fingerprint density at radius 1 is 1.56 bits per heavy atom. The van der Waals surface area contributed by atoms with Crippen LogP contribution >= 0.6 is 15.9 Å². The molecule has 1 heterocycles. The summed E-state index contributed by atoms with van der Waals surface area (Å²) in [6.07, 6.45) is -1.26. The van der Waals surface area contributed by atoms with E-state index < -0.39 is 18.2 Å². The van der Waals surface area contributed by atoms with Gasteiger partial charge in [0.05, 0.1) is 11.7 Å². The van der Waals surface area contributed by atoms with E-state index in [9.17, 15) is 15.0 Å². The summed E-state index contributed by atoms with van der Waals surface area (Å²) >= 11 is 3.00. The Morgan fingerprint density at radius 2 is 2.19 bits per heavy atom. The van der Waals surface area contributed by atoms with Crippen molar-refractivity contribution in [2.75, 3.05) is 11.1 Å². The van der Waals surface area contributed by atoms with Crippen LogP contribution in [0.5, 0.6) is 0 Å². The number of aliphatic hydroxyl groups excluding tert-OH is 2. The Kier molecular flexibility index (Phi) is 4.22. The third-order valence-corrected chi connectivity index (χ3v) is 2.70. The Balaban J connectivity index is 3.11. The fraction of sp³-hybridized carbons (Fsp3) is 0.333. The predicted octanol–water partition coefficient (Wildman–Crippen LogP) is 0.151. The average Bonchev–Trinajstić information content (AvgIpc) is 2.27. The van der Waals surface area contributed by atoms with Gasteiger partial charge in [0.25, 0.3) is 0 Å². The predicted molar refractivity (Wildman–Crippen MR) is 60.4 cm³/mol. The van der Waals surface area contributed by atoms with Crippen LogP contribution in [-0.4, -0.2) is 37.7 Å². The number of hydrogen-bond acceptors (Lipinski definition) is 5. The number of anilines is 1. The molecule has 0 bridgehead atoms. The summed E-state index contributed by atoms with van der Waals surface area (Å²) in [5.41, 5.74) is 5.50. The van der Waals surface area contributed by atoms with Crippen LogP contribution in [0.3, 0.4) is 0 Å². The van der Waals surface area contributed by atoms with E-state index in [0.29, 0.717) is 0 Å². The molecule has 0 aliphatic heterocycles. The number of nitrogen functional groups attached to an aromatic ring is 1. The Hall–Kier alpha value is -1.18. The molecule has 0 fully saturated rings. The van der Waals surface area contributed by atoms with Crippen LogP contribution < -0.4 is 5.73 Å². The third-order valence-electron chi connectivity index (χ3n) is 2.04. The number of nitrogens with two attached hydrogens (primary N) is 1. The number of aliphatic hydroxyl groups is 2. The molecule has 1 aromatic rings. The first kappa shape index (κ1) is 12.9. The van der Waals surface area contributed by atoms with Gasteiger partial charge in [-0.05, 0) is 6.07 Å². The van der Waals surface area contributed by atoms with Crippen molar-refractivity contribution in [3.05, 3.63) is 23.4 Å². The fourth-order valence-corrected chi connectivity index (χ4v) is 1.49. The molecule has 5 N–H and O–H groups in total. The van der Waals surface area contributed by atoms with Crippen LogP contribution in [0.4, 0.5) is 5.82 Å². The van der Waals surface area contributed by atoms with Gasteiger partial charge in [0, 0.05) is 17.1 Å². The largest absolute Gasteiger partial charge is 0.478 e.